The van der Waals surface area contributed by atoms with Crippen LogP contribution in [0.4, 0.5) is 5.69 Å². The van der Waals surface area contributed by atoms with Gasteiger partial charge in [0.05, 0.1) is 35.3 Å². The Morgan fingerprint density at radius 2 is 1.96 bits per heavy atom. The molecule has 8 nitrogen and oxygen atoms in total. The van der Waals surface area contributed by atoms with E-state index in [1.54, 1.807) is 41.1 Å². The van der Waals surface area contributed by atoms with Crippen LogP contribution in [0.25, 0.3) is 0 Å². The van der Waals surface area contributed by atoms with Crippen molar-refractivity contribution >= 4 is 27.5 Å². The van der Waals surface area contributed by atoms with Crippen LogP contribution in [0, 0.1) is 0 Å². The molecule has 3 heterocycles. The third-order valence-electron chi connectivity index (χ3n) is 3.60. The molecule has 1 atom stereocenters. The number of anilines is 1. The third-order valence-corrected chi connectivity index (χ3v) is 4.01. The standard InChI is InChI=1S/C15H18BrN7O/c1-3-21-7-12(4-17-21)8-22-10-14(6-18-22)20-15(24)11(2)23-9-13(16)5-19-23/h4-7,9-11H,3,8H2,1-2H3,(H,20,24). The molecule has 1 unspecified atom stereocenters. The summed E-state index contributed by atoms with van der Waals surface area (Å²) in [4.78, 5) is 12.3. The molecule has 3 rings (SSSR count). The lowest BCUT2D eigenvalue weighted by atomic mass is 10.3. The molecule has 24 heavy (non-hydrogen) atoms. The Kier molecular flexibility index (Phi) is 4.79. The van der Waals surface area contributed by atoms with Crippen molar-refractivity contribution in [2.24, 2.45) is 0 Å². The molecule has 0 saturated carbocycles. The van der Waals surface area contributed by atoms with Crippen LogP contribution < -0.4 is 5.32 Å². The Hall–Kier alpha value is -2.42. The fourth-order valence-electron chi connectivity index (χ4n) is 2.26. The number of nitrogens with zero attached hydrogens (tertiary/aromatic N) is 6. The molecule has 0 aromatic carbocycles. The lowest BCUT2D eigenvalue weighted by molar-refractivity contribution is -0.119. The first-order valence-electron chi connectivity index (χ1n) is 7.59. The highest BCUT2D eigenvalue weighted by Gasteiger charge is 2.16. The number of hydrogen-bond donors (Lipinski definition) is 1. The van der Waals surface area contributed by atoms with Gasteiger partial charge in [0.15, 0.2) is 0 Å². The van der Waals surface area contributed by atoms with E-state index in [9.17, 15) is 4.79 Å². The molecule has 0 aliphatic carbocycles. The van der Waals surface area contributed by atoms with E-state index in [1.165, 1.54) is 0 Å². The SMILES string of the molecule is CCn1cc(Cn2cc(NC(=O)C(C)n3cc(Br)cn3)cn2)cn1. The van der Waals surface area contributed by atoms with Crippen LogP contribution in [0.1, 0.15) is 25.5 Å². The average Bonchev–Trinajstić information content (AvgIpc) is 3.29. The van der Waals surface area contributed by atoms with E-state index >= 15 is 0 Å². The molecule has 3 aromatic rings. The van der Waals surface area contributed by atoms with E-state index in [2.05, 4.69) is 36.5 Å². The first kappa shape index (κ1) is 16.4. The summed E-state index contributed by atoms with van der Waals surface area (Å²) < 4.78 is 6.07. The zero-order valence-electron chi connectivity index (χ0n) is 13.4. The topological polar surface area (TPSA) is 82.6 Å². The Bertz CT molecular complexity index is 834. The van der Waals surface area contributed by atoms with Gasteiger partial charge in [-0.2, -0.15) is 15.3 Å². The van der Waals surface area contributed by atoms with Crippen molar-refractivity contribution in [2.75, 3.05) is 5.32 Å². The van der Waals surface area contributed by atoms with E-state index in [1.807, 2.05) is 24.0 Å². The van der Waals surface area contributed by atoms with Gasteiger partial charge in [0.2, 0.25) is 5.91 Å². The second-order valence-electron chi connectivity index (χ2n) is 5.43. The highest BCUT2D eigenvalue weighted by Crippen LogP contribution is 2.14. The molecule has 0 bridgehead atoms. The normalized spacial score (nSPS) is 12.3. The summed E-state index contributed by atoms with van der Waals surface area (Å²) in [7, 11) is 0. The van der Waals surface area contributed by atoms with Gasteiger partial charge in [-0.1, -0.05) is 0 Å². The van der Waals surface area contributed by atoms with Gasteiger partial charge >= 0.3 is 0 Å². The summed E-state index contributed by atoms with van der Waals surface area (Å²) in [6.07, 6.45) is 10.6. The number of aryl methyl sites for hydroxylation is 1. The van der Waals surface area contributed by atoms with E-state index in [0.29, 0.717) is 12.2 Å². The molecule has 0 aliphatic heterocycles. The van der Waals surface area contributed by atoms with Gasteiger partial charge in [0, 0.05) is 30.7 Å². The number of rotatable bonds is 6. The van der Waals surface area contributed by atoms with E-state index < -0.39 is 6.04 Å². The van der Waals surface area contributed by atoms with Crippen molar-refractivity contribution in [3.8, 4) is 0 Å². The average molecular weight is 392 g/mol. The minimum absolute atomic E-state index is 0.149. The van der Waals surface area contributed by atoms with E-state index in [-0.39, 0.29) is 5.91 Å². The van der Waals surface area contributed by atoms with Crippen LogP contribution in [-0.4, -0.2) is 35.2 Å². The maximum atomic E-state index is 12.3. The molecule has 1 amide bonds. The molecular weight excluding hydrogens is 374 g/mol. The van der Waals surface area contributed by atoms with Crippen LogP contribution in [0.15, 0.2) is 41.7 Å². The fraction of sp³-hybridized carbons (Fsp3) is 0.333. The predicted octanol–water partition coefficient (Wildman–Crippen LogP) is 2.31. The molecule has 0 saturated heterocycles. The second-order valence-corrected chi connectivity index (χ2v) is 6.35. The van der Waals surface area contributed by atoms with Crippen molar-refractivity contribution in [3.63, 3.8) is 0 Å². The van der Waals surface area contributed by atoms with Crippen molar-refractivity contribution in [1.29, 1.82) is 0 Å². The van der Waals surface area contributed by atoms with Gasteiger partial charge in [-0.05, 0) is 29.8 Å². The van der Waals surface area contributed by atoms with Gasteiger partial charge in [0.1, 0.15) is 6.04 Å². The van der Waals surface area contributed by atoms with Crippen molar-refractivity contribution in [1.82, 2.24) is 29.3 Å². The first-order valence-corrected chi connectivity index (χ1v) is 8.38. The third kappa shape index (κ3) is 3.73. The highest BCUT2D eigenvalue weighted by atomic mass is 79.9. The van der Waals surface area contributed by atoms with Crippen LogP contribution in [0.3, 0.4) is 0 Å². The second kappa shape index (κ2) is 7.00. The van der Waals surface area contributed by atoms with Crippen LogP contribution >= 0.6 is 15.9 Å². The van der Waals surface area contributed by atoms with Crippen LogP contribution in [0.2, 0.25) is 0 Å². The fourth-order valence-corrected chi connectivity index (χ4v) is 2.56. The van der Waals surface area contributed by atoms with E-state index in [0.717, 1.165) is 16.6 Å². The quantitative estimate of drug-likeness (QED) is 0.698. The molecule has 1 N–H and O–H groups in total. The molecule has 126 valence electrons. The summed E-state index contributed by atoms with van der Waals surface area (Å²) in [5.74, 6) is -0.149. The van der Waals surface area contributed by atoms with Crippen LogP contribution in [0.5, 0.6) is 0 Å². The van der Waals surface area contributed by atoms with Gasteiger partial charge in [-0.25, -0.2) is 0 Å². The number of amides is 1. The lowest BCUT2D eigenvalue weighted by Crippen LogP contribution is -2.23. The summed E-state index contributed by atoms with van der Waals surface area (Å²) in [5, 5.41) is 15.5. The maximum Gasteiger partial charge on any atom is 0.249 e. The number of hydrogen-bond acceptors (Lipinski definition) is 4. The summed E-state index contributed by atoms with van der Waals surface area (Å²) in [5.41, 5.74) is 1.72. The van der Waals surface area contributed by atoms with Gasteiger partial charge in [-0.3, -0.25) is 18.8 Å². The number of aromatic nitrogens is 6. The minimum atomic E-state index is -0.414. The van der Waals surface area contributed by atoms with Gasteiger partial charge < -0.3 is 5.32 Å². The Labute approximate surface area is 147 Å². The monoisotopic (exact) mass is 391 g/mol. The summed E-state index contributed by atoms with van der Waals surface area (Å²) in [6.45, 7) is 5.27. The smallest absolute Gasteiger partial charge is 0.249 e. The Balaban J connectivity index is 1.62. The Morgan fingerprint density at radius 1 is 1.17 bits per heavy atom. The molecular formula is C15H18BrN7O. The number of carbonyl (C=O) groups is 1. The van der Waals surface area contributed by atoms with Crippen molar-refractivity contribution in [3.05, 3.63) is 47.2 Å². The first-order chi connectivity index (χ1) is 11.5. The summed E-state index contributed by atoms with van der Waals surface area (Å²) in [6, 6.07) is -0.414. The molecule has 0 fully saturated rings. The molecule has 0 radical (unpaired) electrons. The number of carbonyl (C=O) groups excluding carboxylic acids is 1. The van der Waals surface area contributed by atoms with Gasteiger partial charge in [-0.15, -0.1) is 0 Å². The lowest BCUT2D eigenvalue weighted by Gasteiger charge is -2.11. The molecule has 3 aromatic heterocycles. The van der Waals surface area contributed by atoms with Gasteiger partial charge in [0.25, 0.3) is 0 Å². The number of halogens is 1. The van der Waals surface area contributed by atoms with Crippen molar-refractivity contribution in [2.45, 2.75) is 33.0 Å². The Morgan fingerprint density at radius 3 is 2.62 bits per heavy atom. The molecule has 0 aliphatic rings. The van der Waals surface area contributed by atoms with Crippen molar-refractivity contribution < 1.29 is 4.79 Å². The maximum absolute atomic E-state index is 12.3. The zero-order chi connectivity index (χ0) is 17.1. The summed E-state index contributed by atoms with van der Waals surface area (Å²) >= 11 is 3.32. The number of nitrogens with one attached hydrogen (secondary N) is 1. The zero-order valence-corrected chi connectivity index (χ0v) is 15.0. The molecule has 9 heteroatoms. The van der Waals surface area contributed by atoms with E-state index in [4.69, 9.17) is 0 Å². The predicted molar refractivity (Wildman–Crippen MR) is 92.5 cm³/mol. The van der Waals surface area contributed by atoms with Crippen LogP contribution in [-0.2, 0) is 17.9 Å². The largest absolute Gasteiger partial charge is 0.322 e. The molecule has 0 spiro atoms. The highest BCUT2D eigenvalue weighted by molar-refractivity contribution is 9.10. The minimum Gasteiger partial charge on any atom is -0.322 e.